The number of fused-ring (bicyclic) bond motifs is 2. The SMILES string of the molecule is Cc1cc(C)c2c(c1Cl)N=C(NO)C1CCCCC1S2. The van der Waals surface area contributed by atoms with Crippen molar-refractivity contribution in [1.82, 2.24) is 5.48 Å². The van der Waals surface area contributed by atoms with E-state index in [0.29, 0.717) is 22.0 Å². The van der Waals surface area contributed by atoms with E-state index in [9.17, 15) is 5.21 Å². The van der Waals surface area contributed by atoms with Crippen molar-refractivity contribution in [3.05, 3.63) is 22.2 Å². The molecule has 2 aliphatic rings. The number of hydroxylamine groups is 1. The van der Waals surface area contributed by atoms with Crippen molar-refractivity contribution in [3.63, 3.8) is 0 Å². The monoisotopic (exact) mass is 310 g/mol. The summed E-state index contributed by atoms with van der Waals surface area (Å²) < 4.78 is 0. The summed E-state index contributed by atoms with van der Waals surface area (Å²) in [5.41, 5.74) is 5.41. The zero-order chi connectivity index (χ0) is 14.3. The number of aliphatic imine (C=N–C) groups is 1. The molecule has 3 nitrogen and oxygen atoms in total. The minimum absolute atomic E-state index is 0.293. The Hall–Kier alpha value is -0.710. The molecule has 20 heavy (non-hydrogen) atoms. The molecule has 0 saturated heterocycles. The maximum Gasteiger partial charge on any atom is 0.130 e. The average molecular weight is 311 g/mol. The van der Waals surface area contributed by atoms with Crippen molar-refractivity contribution in [1.29, 1.82) is 0 Å². The van der Waals surface area contributed by atoms with Gasteiger partial charge < -0.3 is 0 Å². The van der Waals surface area contributed by atoms with Gasteiger partial charge in [0.05, 0.1) is 10.7 Å². The van der Waals surface area contributed by atoms with Crippen LogP contribution < -0.4 is 5.48 Å². The van der Waals surface area contributed by atoms with Crippen LogP contribution in [0.15, 0.2) is 16.0 Å². The molecule has 1 aliphatic carbocycles. The molecule has 1 aliphatic heterocycles. The number of hydrogen-bond donors (Lipinski definition) is 2. The minimum Gasteiger partial charge on any atom is -0.290 e. The Morgan fingerprint density at radius 1 is 1.30 bits per heavy atom. The standard InChI is InChI=1S/C15H19ClN2OS/c1-8-7-9(2)14-13(12(8)16)17-15(18-19)10-5-3-4-6-11(10)20-14/h7,10-11,19H,3-6H2,1-2H3,(H,17,18). The second kappa shape index (κ2) is 5.58. The largest absolute Gasteiger partial charge is 0.290 e. The second-order valence-corrected chi connectivity index (χ2v) is 7.29. The molecule has 0 bridgehead atoms. The quantitative estimate of drug-likeness (QED) is 0.687. The first-order valence-corrected chi connectivity index (χ1v) is 8.32. The first kappa shape index (κ1) is 14.2. The molecule has 2 N–H and O–H groups in total. The summed E-state index contributed by atoms with van der Waals surface area (Å²) in [5, 5.41) is 10.6. The molecule has 0 aromatic heterocycles. The van der Waals surface area contributed by atoms with Crippen LogP contribution in [0.3, 0.4) is 0 Å². The van der Waals surface area contributed by atoms with Crippen LogP contribution in [0.4, 0.5) is 5.69 Å². The molecule has 0 amide bonds. The van der Waals surface area contributed by atoms with Gasteiger partial charge >= 0.3 is 0 Å². The molecular weight excluding hydrogens is 292 g/mol. The molecule has 2 unspecified atom stereocenters. The fraction of sp³-hybridized carbons (Fsp3) is 0.533. The first-order chi connectivity index (χ1) is 9.61. The fourth-order valence-electron chi connectivity index (χ4n) is 3.19. The summed E-state index contributed by atoms with van der Waals surface area (Å²) in [5.74, 6) is 0.967. The van der Waals surface area contributed by atoms with Crippen LogP contribution in [0, 0.1) is 19.8 Å². The maximum absolute atomic E-state index is 9.48. The van der Waals surface area contributed by atoms with Crippen LogP contribution in [-0.4, -0.2) is 16.3 Å². The molecule has 0 spiro atoms. The zero-order valence-electron chi connectivity index (χ0n) is 11.7. The van der Waals surface area contributed by atoms with Crippen molar-refractivity contribution in [2.45, 2.75) is 49.7 Å². The lowest BCUT2D eigenvalue weighted by Gasteiger charge is -2.29. The molecule has 1 aromatic rings. The Morgan fingerprint density at radius 3 is 2.80 bits per heavy atom. The lowest BCUT2D eigenvalue weighted by molar-refractivity contribution is 0.223. The van der Waals surface area contributed by atoms with Crippen molar-refractivity contribution in [2.24, 2.45) is 10.9 Å². The Balaban J connectivity index is 2.16. The highest BCUT2D eigenvalue weighted by molar-refractivity contribution is 8.00. The smallest absolute Gasteiger partial charge is 0.130 e. The number of halogens is 1. The molecule has 0 radical (unpaired) electrons. The summed E-state index contributed by atoms with van der Waals surface area (Å²) in [4.78, 5) is 5.84. The summed E-state index contributed by atoms with van der Waals surface area (Å²) in [6, 6.07) is 2.12. The first-order valence-electron chi connectivity index (χ1n) is 7.07. The highest BCUT2D eigenvalue weighted by atomic mass is 35.5. The van der Waals surface area contributed by atoms with Gasteiger partial charge in [-0.15, -0.1) is 11.8 Å². The van der Waals surface area contributed by atoms with Gasteiger partial charge in [0.15, 0.2) is 0 Å². The molecule has 1 heterocycles. The summed E-state index contributed by atoms with van der Waals surface area (Å²) >= 11 is 8.33. The van der Waals surface area contributed by atoms with Gasteiger partial charge in [0.25, 0.3) is 0 Å². The summed E-state index contributed by atoms with van der Waals surface area (Å²) in [7, 11) is 0. The normalized spacial score (nSPS) is 25.3. The Labute approximate surface area is 128 Å². The van der Waals surface area contributed by atoms with E-state index in [0.717, 1.165) is 17.7 Å². The average Bonchev–Trinajstić information content (AvgIpc) is 2.62. The van der Waals surface area contributed by atoms with E-state index in [4.69, 9.17) is 11.6 Å². The molecular formula is C15H19ClN2OS. The van der Waals surface area contributed by atoms with E-state index in [1.54, 1.807) is 0 Å². The number of benzene rings is 1. The van der Waals surface area contributed by atoms with Crippen molar-refractivity contribution in [3.8, 4) is 0 Å². The van der Waals surface area contributed by atoms with E-state index in [2.05, 4.69) is 23.5 Å². The number of aryl methyl sites for hydroxylation is 2. The third-order valence-electron chi connectivity index (χ3n) is 4.23. The van der Waals surface area contributed by atoms with Gasteiger partial charge in [-0.3, -0.25) is 10.7 Å². The molecule has 3 rings (SSSR count). The second-order valence-electron chi connectivity index (χ2n) is 5.66. The summed E-state index contributed by atoms with van der Waals surface area (Å²) in [6.07, 6.45) is 4.69. The topological polar surface area (TPSA) is 44.6 Å². The number of nitrogens with zero attached hydrogens (tertiary/aromatic N) is 1. The Kier molecular flexibility index (Phi) is 3.98. The number of rotatable bonds is 0. The molecule has 2 atom stereocenters. The van der Waals surface area contributed by atoms with Crippen molar-refractivity contribution in [2.75, 3.05) is 0 Å². The molecule has 5 heteroatoms. The highest BCUT2D eigenvalue weighted by Gasteiger charge is 2.34. The number of hydrogen-bond acceptors (Lipinski definition) is 4. The minimum atomic E-state index is 0.293. The predicted octanol–water partition coefficient (Wildman–Crippen LogP) is 4.63. The molecule has 108 valence electrons. The highest BCUT2D eigenvalue weighted by Crippen LogP contribution is 2.48. The van der Waals surface area contributed by atoms with Crippen LogP contribution in [0.25, 0.3) is 0 Å². The number of thioether (sulfide) groups is 1. The van der Waals surface area contributed by atoms with Crippen LogP contribution >= 0.6 is 23.4 Å². The van der Waals surface area contributed by atoms with Crippen molar-refractivity contribution >= 4 is 34.9 Å². The number of nitrogens with one attached hydrogen (secondary N) is 1. The number of amidine groups is 1. The van der Waals surface area contributed by atoms with E-state index < -0.39 is 0 Å². The van der Waals surface area contributed by atoms with E-state index in [1.807, 2.05) is 18.7 Å². The van der Waals surface area contributed by atoms with Crippen molar-refractivity contribution < 1.29 is 5.21 Å². The third-order valence-corrected chi connectivity index (χ3v) is 6.33. The van der Waals surface area contributed by atoms with Gasteiger partial charge in [-0.05, 0) is 37.8 Å². The lowest BCUT2D eigenvalue weighted by Crippen LogP contribution is -2.36. The van der Waals surface area contributed by atoms with Crippen LogP contribution in [0.2, 0.25) is 5.02 Å². The van der Waals surface area contributed by atoms with Gasteiger partial charge in [0, 0.05) is 16.1 Å². The molecule has 1 fully saturated rings. The Morgan fingerprint density at radius 2 is 2.05 bits per heavy atom. The fourth-order valence-corrected chi connectivity index (χ4v) is 4.96. The third kappa shape index (κ3) is 2.34. The Bertz CT molecular complexity index is 573. The van der Waals surface area contributed by atoms with E-state index in [-0.39, 0.29) is 0 Å². The lowest BCUT2D eigenvalue weighted by atomic mass is 9.88. The van der Waals surface area contributed by atoms with E-state index in [1.165, 1.54) is 29.7 Å². The van der Waals surface area contributed by atoms with Crippen LogP contribution in [0.1, 0.15) is 36.8 Å². The predicted molar refractivity (Wildman–Crippen MR) is 84.5 cm³/mol. The van der Waals surface area contributed by atoms with E-state index >= 15 is 0 Å². The molecule has 1 saturated carbocycles. The van der Waals surface area contributed by atoms with Gasteiger partial charge in [-0.2, -0.15) is 0 Å². The molecule has 1 aromatic carbocycles. The summed E-state index contributed by atoms with van der Waals surface area (Å²) in [6.45, 7) is 4.11. The van der Waals surface area contributed by atoms with Gasteiger partial charge in [0.2, 0.25) is 0 Å². The van der Waals surface area contributed by atoms with Gasteiger partial charge in [-0.25, -0.2) is 4.99 Å². The van der Waals surface area contributed by atoms with Crippen LogP contribution in [-0.2, 0) is 0 Å². The van der Waals surface area contributed by atoms with Crippen LogP contribution in [0.5, 0.6) is 0 Å². The van der Waals surface area contributed by atoms with Gasteiger partial charge in [-0.1, -0.05) is 30.5 Å². The maximum atomic E-state index is 9.48. The zero-order valence-corrected chi connectivity index (χ0v) is 13.3. The van der Waals surface area contributed by atoms with Gasteiger partial charge in [0.1, 0.15) is 5.84 Å².